The second kappa shape index (κ2) is 6.41. The van der Waals surface area contributed by atoms with E-state index in [2.05, 4.69) is 12.3 Å². The normalized spacial score (nSPS) is 14.8. The van der Waals surface area contributed by atoms with Crippen LogP contribution >= 0.6 is 0 Å². The largest absolute Gasteiger partial charge is 0.660 e. The number of rotatable bonds is 8. The van der Waals surface area contributed by atoms with Crippen molar-refractivity contribution in [2.24, 2.45) is 11.5 Å². The van der Waals surface area contributed by atoms with E-state index in [9.17, 15) is 0 Å². The van der Waals surface area contributed by atoms with Crippen LogP contribution in [0.5, 0.6) is 0 Å². The van der Waals surface area contributed by atoms with E-state index in [-0.39, 0.29) is 0 Å². The van der Waals surface area contributed by atoms with Gasteiger partial charge >= 0.3 is 35.7 Å². The minimum absolute atomic E-state index is 0.861. The molecule has 116 valence electrons. The number of hydrogen-bond acceptors (Lipinski definition) is 13. The molecule has 0 aromatic rings. The van der Waals surface area contributed by atoms with Crippen LogP contribution in [0.25, 0.3) is 0 Å². The summed E-state index contributed by atoms with van der Waals surface area (Å²) in [6.07, 6.45) is -1.72. The van der Waals surface area contributed by atoms with Crippen molar-refractivity contribution in [2.75, 3.05) is 12.3 Å². The monoisotopic (exact) mass is 356 g/mol. The summed E-state index contributed by atoms with van der Waals surface area (Å²) in [6.45, 7) is 0. The zero-order valence-corrected chi connectivity index (χ0v) is 13.4. The summed E-state index contributed by atoms with van der Waals surface area (Å²) in [5.74, 6) is 0. The highest BCUT2D eigenvalue weighted by molar-refractivity contribution is 6.77. The maximum atomic E-state index is 9.15. The third kappa shape index (κ3) is 8.27. The Morgan fingerprint density at radius 2 is 0.842 bits per heavy atom. The van der Waals surface area contributed by atoms with Crippen molar-refractivity contribution >= 4 is 35.7 Å². The molecule has 13 nitrogen and oxygen atoms in total. The number of nitrogens with two attached hydrogens (primary N) is 2. The van der Waals surface area contributed by atoms with Crippen LogP contribution in [-0.4, -0.2) is 86.4 Å². The van der Waals surface area contributed by atoms with Crippen LogP contribution in [0.4, 0.5) is 0 Å². The molecule has 0 aromatic carbocycles. The van der Waals surface area contributed by atoms with Gasteiger partial charge in [0.25, 0.3) is 0 Å². The highest BCUT2D eigenvalue weighted by atomic mass is 28.5. The van der Waals surface area contributed by atoms with Crippen molar-refractivity contribution < 1.29 is 50.7 Å². The topological polar surface area (TPSA) is 242 Å². The van der Waals surface area contributed by atoms with E-state index in [1.54, 1.807) is 0 Å². The van der Waals surface area contributed by atoms with Crippen molar-refractivity contribution in [1.82, 2.24) is 0 Å². The van der Waals surface area contributed by atoms with Gasteiger partial charge in [0.1, 0.15) is 0 Å². The van der Waals surface area contributed by atoms with Crippen molar-refractivity contribution in [3.05, 3.63) is 0 Å². The predicted molar refractivity (Wildman–Crippen MR) is 62.1 cm³/mol. The van der Waals surface area contributed by atoms with Crippen LogP contribution < -0.4 is 11.5 Å². The molecule has 0 heterocycles. The molecule has 19 heavy (non-hydrogen) atoms. The van der Waals surface area contributed by atoms with E-state index < -0.39 is 48.0 Å². The highest BCUT2D eigenvalue weighted by Crippen LogP contribution is 2.13. The maximum absolute atomic E-state index is 9.15. The molecular formula is C2H16N2O11Si4. The molecule has 0 atom stereocenters. The summed E-state index contributed by atoms with van der Waals surface area (Å²) in [7, 11) is -20.2. The molecule has 0 aromatic heterocycles. The Balaban J connectivity index is 4.72. The van der Waals surface area contributed by atoms with Crippen molar-refractivity contribution in [3.63, 3.8) is 0 Å². The Labute approximate surface area is 111 Å². The standard InChI is InChI=1S/C2H16N2O11Si4/c3-1-16(5,6)13-18(9,10)15-19(11,12)14-17(7,8)2-4/h5-12H,1-4H2. The van der Waals surface area contributed by atoms with E-state index >= 15 is 0 Å². The Kier molecular flexibility index (Phi) is 6.53. The average Bonchev–Trinajstić information content (AvgIpc) is 2.12. The quantitative estimate of drug-likeness (QED) is 0.182. The summed E-state index contributed by atoms with van der Waals surface area (Å²) in [6, 6.07) is 0. The summed E-state index contributed by atoms with van der Waals surface area (Å²) in [5, 5.41) is 0. The van der Waals surface area contributed by atoms with Crippen LogP contribution in [0.15, 0.2) is 0 Å². The smallest absolute Gasteiger partial charge is 0.389 e. The molecule has 0 unspecified atom stereocenters. The molecule has 0 aliphatic heterocycles. The van der Waals surface area contributed by atoms with Crippen LogP contribution in [0.1, 0.15) is 0 Å². The molecule has 0 rings (SSSR count). The zero-order valence-electron chi connectivity index (χ0n) is 9.37. The SMILES string of the molecule is NC[Si](O)(O)O[Si](O)(O)O[Si](O)(O)O[Si](O)(O)CN. The second-order valence-corrected chi connectivity index (χ2v) is 11.7. The van der Waals surface area contributed by atoms with Gasteiger partial charge in [-0.1, -0.05) is 0 Å². The lowest BCUT2D eigenvalue weighted by Gasteiger charge is -2.29. The first-order valence-corrected chi connectivity index (χ1v) is 12.0. The minimum Gasteiger partial charge on any atom is -0.389 e. The van der Waals surface area contributed by atoms with Gasteiger partial charge in [0.15, 0.2) is 0 Å². The van der Waals surface area contributed by atoms with Crippen LogP contribution in [0.2, 0.25) is 0 Å². The van der Waals surface area contributed by atoms with Gasteiger partial charge in [0.05, 0.1) is 12.3 Å². The van der Waals surface area contributed by atoms with Gasteiger partial charge in [0.2, 0.25) is 0 Å². The van der Waals surface area contributed by atoms with Gasteiger partial charge in [0, 0.05) is 0 Å². The molecule has 0 fully saturated rings. The van der Waals surface area contributed by atoms with Gasteiger partial charge in [-0.3, -0.25) is 0 Å². The lowest BCUT2D eigenvalue weighted by atomic mass is 11.5. The van der Waals surface area contributed by atoms with Gasteiger partial charge in [-0.05, 0) is 0 Å². The fraction of sp³-hybridized carbons (Fsp3) is 1.00. The minimum atomic E-state index is -5.43. The Hall–Kier alpha value is 0.348. The first-order chi connectivity index (χ1) is 8.24. The van der Waals surface area contributed by atoms with Gasteiger partial charge < -0.3 is 62.2 Å². The Bertz CT molecular complexity index is 268. The average molecular weight is 356 g/mol. The van der Waals surface area contributed by atoms with E-state index in [1.165, 1.54) is 0 Å². The molecule has 0 saturated carbocycles. The molecule has 0 aliphatic carbocycles. The lowest BCUT2D eigenvalue weighted by Crippen LogP contribution is -2.66. The molecule has 17 heteroatoms. The molecule has 0 aliphatic rings. The fourth-order valence-corrected chi connectivity index (χ4v) is 7.27. The van der Waals surface area contributed by atoms with Crippen LogP contribution in [-0.2, 0) is 12.3 Å². The molecule has 0 radical (unpaired) electrons. The summed E-state index contributed by atoms with van der Waals surface area (Å²) in [5.41, 5.74) is 9.69. The van der Waals surface area contributed by atoms with Crippen LogP contribution in [0.3, 0.4) is 0 Å². The summed E-state index contributed by atoms with van der Waals surface area (Å²) in [4.78, 5) is 72.7. The van der Waals surface area contributed by atoms with Gasteiger partial charge in [-0.25, -0.2) is 0 Å². The summed E-state index contributed by atoms with van der Waals surface area (Å²) < 4.78 is 11.8. The van der Waals surface area contributed by atoms with E-state index in [4.69, 9.17) is 49.8 Å². The van der Waals surface area contributed by atoms with Gasteiger partial charge in [-0.2, -0.15) is 0 Å². The maximum Gasteiger partial charge on any atom is 0.660 e. The molecule has 0 spiro atoms. The molecule has 0 amide bonds. The van der Waals surface area contributed by atoms with E-state index in [1.807, 2.05) is 0 Å². The van der Waals surface area contributed by atoms with Crippen molar-refractivity contribution in [2.45, 2.75) is 0 Å². The third-order valence-electron chi connectivity index (χ3n) is 1.39. The summed E-state index contributed by atoms with van der Waals surface area (Å²) >= 11 is 0. The molecular weight excluding hydrogens is 340 g/mol. The Morgan fingerprint density at radius 3 is 1.05 bits per heavy atom. The third-order valence-corrected chi connectivity index (χ3v) is 9.32. The van der Waals surface area contributed by atoms with E-state index in [0.29, 0.717) is 0 Å². The Morgan fingerprint density at radius 1 is 0.579 bits per heavy atom. The fourth-order valence-electron chi connectivity index (χ4n) is 0.724. The molecule has 12 N–H and O–H groups in total. The van der Waals surface area contributed by atoms with Crippen molar-refractivity contribution in [1.29, 1.82) is 0 Å². The number of hydrogen-bond donors (Lipinski definition) is 10. The first kappa shape index (κ1) is 19.3. The first-order valence-electron chi connectivity index (χ1n) is 4.54. The second-order valence-electron chi connectivity index (χ2n) is 3.30. The zero-order chi connectivity index (χ0) is 15.5. The van der Waals surface area contributed by atoms with Crippen molar-refractivity contribution in [3.8, 4) is 0 Å². The lowest BCUT2D eigenvalue weighted by molar-refractivity contribution is 0.0207. The highest BCUT2D eigenvalue weighted by Gasteiger charge is 2.58. The van der Waals surface area contributed by atoms with Gasteiger partial charge in [-0.15, -0.1) is 0 Å². The van der Waals surface area contributed by atoms with Crippen LogP contribution in [0, 0.1) is 0 Å². The van der Waals surface area contributed by atoms with E-state index in [0.717, 1.165) is 0 Å². The predicted octanol–water partition coefficient (Wildman–Crippen LogP) is -7.28. The molecule has 0 bridgehead atoms. The molecule has 0 saturated heterocycles.